The Morgan fingerprint density at radius 3 is 1.93 bits per heavy atom. The van der Waals surface area contributed by atoms with Crippen LogP contribution in [0.15, 0.2) is 106 Å². The van der Waals surface area contributed by atoms with E-state index in [9.17, 15) is 24.5 Å². The van der Waals surface area contributed by atoms with E-state index in [2.05, 4.69) is 5.16 Å². The van der Waals surface area contributed by atoms with Crippen molar-refractivity contribution in [2.75, 3.05) is 0 Å². The zero-order valence-electron chi connectivity index (χ0n) is 21.9. The molecule has 0 unspecified atom stereocenters. The number of carbonyl (C=O) groups is 3. The number of oxime groups is 1. The predicted octanol–water partition coefficient (Wildman–Crippen LogP) is 6.74. The van der Waals surface area contributed by atoms with E-state index >= 15 is 0 Å². The number of nitro benzene ring substituents is 1. The van der Waals surface area contributed by atoms with Gasteiger partial charge in [0.2, 0.25) is 5.78 Å². The standard InChI is InChI=1S/C31H24N2O6S/c1-19-6-4-5-7-28(19)30(35)22-8-13-25(14-9-22)40-26-15-10-23(11-16-26)31(36)29(32-39-21(3)34)27-17-12-24(33(37)38)18-20(27)2/h4-18H,1-3H3/b32-29+. The summed E-state index contributed by atoms with van der Waals surface area (Å²) in [5.41, 5.74) is 2.97. The lowest BCUT2D eigenvalue weighted by Crippen LogP contribution is -2.18. The second-order valence-corrected chi connectivity index (χ2v) is 10.1. The minimum atomic E-state index is -0.705. The Bertz CT molecular complexity index is 1640. The highest BCUT2D eigenvalue weighted by atomic mass is 32.2. The molecule has 8 nitrogen and oxygen atoms in total. The maximum Gasteiger partial charge on any atom is 0.332 e. The molecule has 0 heterocycles. The van der Waals surface area contributed by atoms with Crippen LogP contribution in [0.25, 0.3) is 0 Å². The molecular formula is C31H24N2O6S. The van der Waals surface area contributed by atoms with Crippen LogP contribution in [0.1, 0.15) is 49.9 Å². The van der Waals surface area contributed by atoms with Gasteiger partial charge >= 0.3 is 5.97 Å². The topological polar surface area (TPSA) is 116 Å². The van der Waals surface area contributed by atoms with Crippen molar-refractivity contribution in [3.05, 3.63) is 134 Å². The van der Waals surface area contributed by atoms with Gasteiger partial charge in [0, 0.05) is 51.1 Å². The van der Waals surface area contributed by atoms with E-state index in [4.69, 9.17) is 4.84 Å². The molecule has 4 aromatic rings. The second-order valence-electron chi connectivity index (χ2n) is 8.90. The maximum atomic E-state index is 13.3. The largest absolute Gasteiger partial charge is 0.332 e. The van der Waals surface area contributed by atoms with Crippen LogP contribution in [-0.4, -0.2) is 28.2 Å². The first-order valence-electron chi connectivity index (χ1n) is 12.2. The van der Waals surface area contributed by atoms with Crippen molar-refractivity contribution in [3.63, 3.8) is 0 Å². The molecular weight excluding hydrogens is 528 g/mol. The van der Waals surface area contributed by atoms with Gasteiger partial charge in [-0.2, -0.15) is 0 Å². The third kappa shape index (κ3) is 6.57. The monoisotopic (exact) mass is 552 g/mol. The Morgan fingerprint density at radius 1 is 0.775 bits per heavy atom. The number of nitrogens with zero attached hydrogens (tertiary/aromatic N) is 2. The van der Waals surface area contributed by atoms with Gasteiger partial charge in [0.05, 0.1) is 4.92 Å². The average molecular weight is 553 g/mol. The number of nitro groups is 1. The van der Waals surface area contributed by atoms with Crippen molar-refractivity contribution in [1.82, 2.24) is 0 Å². The number of non-ortho nitro benzene ring substituents is 1. The number of rotatable bonds is 9. The van der Waals surface area contributed by atoms with Crippen LogP contribution in [0, 0.1) is 24.0 Å². The maximum absolute atomic E-state index is 13.3. The molecule has 0 radical (unpaired) electrons. The zero-order chi connectivity index (χ0) is 28.8. The zero-order valence-corrected chi connectivity index (χ0v) is 22.7. The van der Waals surface area contributed by atoms with Gasteiger partial charge in [-0.05, 0) is 79.6 Å². The Kier molecular flexibility index (Phi) is 8.66. The number of hydrogen-bond donors (Lipinski definition) is 0. The predicted molar refractivity (Wildman–Crippen MR) is 152 cm³/mol. The smallest absolute Gasteiger partial charge is 0.318 e. The molecule has 0 saturated heterocycles. The fourth-order valence-electron chi connectivity index (χ4n) is 3.95. The van der Waals surface area contributed by atoms with E-state index in [0.717, 1.165) is 22.3 Å². The summed E-state index contributed by atoms with van der Waals surface area (Å²) in [7, 11) is 0. The molecule has 0 amide bonds. The third-order valence-corrected chi connectivity index (χ3v) is 7.03. The SMILES string of the molecule is CC(=O)O/N=C(/C(=O)c1ccc(Sc2ccc(C(=O)c3ccccc3C)cc2)cc1)c1ccc([N+](=O)[O-])cc1C. The van der Waals surface area contributed by atoms with Gasteiger partial charge in [-0.1, -0.05) is 41.2 Å². The molecule has 0 fully saturated rings. The molecule has 4 aromatic carbocycles. The molecule has 0 aliphatic heterocycles. The van der Waals surface area contributed by atoms with Crippen LogP contribution >= 0.6 is 11.8 Å². The van der Waals surface area contributed by atoms with Crippen LogP contribution in [0.3, 0.4) is 0 Å². The summed E-state index contributed by atoms with van der Waals surface area (Å²) in [6, 6.07) is 25.6. The third-order valence-electron chi connectivity index (χ3n) is 6.01. The van der Waals surface area contributed by atoms with E-state index in [1.807, 2.05) is 43.3 Å². The minimum absolute atomic E-state index is 0.0352. The first kappa shape index (κ1) is 28.1. The highest BCUT2D eigenvalue weighted by Crippen LogP contribution is 2.29. The van der Waals surface area contributed by atoms with E-state index < -0.39 is 16.7 Å². The highest BCUT2D eigenvalue weighted by molar-refractivity contribution is 7.99. The highest BCUT2D eigenvalue weighted by Gasteiger charge is 2.21. The summed E-state index contributed by atoms with van der Waals surface area (Å²) in [6.45, 7) is 4.67. The van der Waals surface area contributed by atoms with Crippen molar-refractivity contribution in [3.8, 4) is 0 Å². The van der Waals surface area contributed by atoms with Gasteiger partial charge in [-0.15, -0.1) is 0 Å². The number of aryl methyl sites for hydroxylation is 2. The summed E-state index contributed by atoms with van der Waals surface area (Å²) in [4.78, 5) is 54.7. The number of Topliss-reactive ketones (excluding diaryl/α,β-unsaturated/α-hetero) is 1. The van der Waals surface area contributed by atoms with Gasteiger partial charge in [0.25, 0.3) is 5.69 Å². The lowest BCUT2D eigenvalue weighted by atomic mass is 9.97. The Labute approximate surface area is 234 Å². The van der Waals surface area contributed by atoms with E-state index in [-0.39, 0.29) is 17.2 Å². The summed E-state index contributed by atoms with van der Waals surface area (Å²) < 4.78 is 0. The van der Waals surface area contributed by atoms with E-state index in [0.29, 0.717) is 27.8 Å². The summed E-state index contributed by atoms with van der Waals surface area (Å²) in [5.74, 6) is -1.25. The average Bonchev–Trinajstić information content (AvgIpc) is 2.94. The molecule has 0 N–H and O–H groups in total. The van der Waals surface area contributed by atoms with Gasteiger partial charge in [-0.3, -0.25) is 19.7 Å². The van der Waals surface area contributed by atoms with Gasteiger partial charge < -0.3 is 4.84 Å². The molecule has 0 aromatic heterocycles. The molecule has 40 heavy (non-hydrogen) atoms. The number of benzene rings is 4. The van der Waals surface area contributed by atoms with Crippen molar-refractivity contribution in [2.24, 2.45) is 5.16 Å². The summed E-state index contributed by atoms with van der Waals surface area (Å²) in [6.07, 6.45) is 0. The first-order valence-corrected chi connectivity index (χ1v) is 13.0. The van der Waals surface area contributed by atoms with Crippen molar-refractivity contribution in [1.29, 1.82) is 0 Å². The molecule has 4 rings (SSSR count). The summed E-state index contributed by atoms with van der Waals surface area (Å²) in [5, 5.41) is 14.9. The quantitative estimate of drug-likeness (QED) is 0.0742. The van der Waals surface area contributed by atoms with Crippen molar-refractivity contribution < 1.29 is 24.1 Å². The molecule has 0 spiro atoms. The van der Waals surface area contributed by atoms with Gasteiger partial charge in [0.15, 0.2) is 11.5 Å². The molecule has 200 valence electrons. The fourth-order valence-corrected chi connectivity index (χ4v) is 4.77. The van der Waals surface area contributed by atoms with Crippen LogP contribution in [0.4, 0.5) is 5.69 Å². The molecule has 0 atom stereocenters. The molecule has 0 aliphatic carbocycles. The first-order chi connectivity index (χ1) is 19.1. The van der Waals surface area contributed by atoms with Crippen LogP contribution in [0.5, 0.6) is 0 Å². The van der Waals surface area contributed by atoms with Crippen molar-refractivity contribution >= 4 is 40.7 Å². The lowest BCUT2D eigenvalue weighted by molar-refractivity contribution is -0.384. The molecule has 0 aliphatic rings. The number of carbonyl (C=O) groups excluding carboxylic acids is 3. The molecule has 9 heteroatoms. The lowest BCUT2D eigenvalue weighted by Gasteiger charge is -2.09. The second kappa shape index (κ2) is 12.3. The van der Waals surface area contributed by atoms with E-state index in [1.54, 1.807) is 43.3 Å². The fraction of sp³-hybridized carbons (Fsp3) is 0.0968. The van der Waals surface area contributed by atoms with Crippen LogP contribution in [-0.2, 0) is 9.63 Å². The van der Waals surface area contributed by atoms with E-state index in [1.165, 1.54) is 30.0 Å². The normalized spacial score (nSPS) is 11.1. The Hall–Kier alpha value is -4.89. The minimum Gasteiger partial charge on any atom is -0.318 e. The molecule has 0 bridgehead atoms. The van der Waals surface area contributed by atoms with Crippen LogP contribution < -0.4 is 0 Å². The Balaban J connectivity index is 1.52. The van der Waals surface area contributed by atoms with Gasteiger partial charge in [-0.25, -0.2) is 4.79 Å². The number of ketones is 2. The summed E-state index contributed by atoms with van der Waals surface area (Å²) >= 11 is 1.47. The van der Waals surface area contributed by atoms with Crippen LogP contribution in [0.2, 0.25) is 0 Å². The molecule has 0 saturated carbocycles. The Morgan fingerprint density at radius 2 is 1.38 bits per heavy atom. The van der Waals surface area contributed by atoms with Gasteiger partial charge in [0.1, 0.15) is 0 Å². The number of hydrogen-bond acceptors (Lipinski definition) is 8. The van der Waals surface area contributed by atoms with Crippen molar-refractivity contribution in [2.45, 2.75) is 30.6 Å².